The molecule has 5 heteroatoms. The van der Waals surface area contributed by atoms with Crippen molar-refractivity contribution >= 4 is 21.5 Å². The normalized spacial score (nSPS) is 20.7. The lowest BCUT2D eigenvalue weighted by Gasteiger charge is -2.32. The van der Waals surface area contributed by atoms with Crippen LogP contribution in [0.2, 0.25) is 0 Å². The predicted molar refractivity (Wildman–Crippen MR) is 92.5 cm³/mol. The summed E-state index contributed by atoms with van der Waals surface area (Å²) in [5.41, 5.74) is 1.11. The molecule has 1 aliphatic rings. The highest BCUT2D eigenvalue weighted by Crippen LogP contribution is 2.32. The molecule has 0 radical (unpaired) electrons. The van der Waals surface area contributed by atoms with Gasteiger partial charge in [0.05, 0.1) is 10.5 Å². The maximum Gasteiger partial charge on any atom is 0.416 e. The summed E-state index contributed by atoms with van der Waals surface area (Å²) >= 11 is 3.70. The Morgan fingerprint density at radius 3 is 2.78 bits per heavy atom. The molecule has 1 heterocycles. The van der Waals surface area contributed by atoms with Crippen molar-refractivity contribution in [3.8, 4) is 0 Å². The topological polar surface area (TPSA) is 3.24 Å². The maximum absolute atomic E-state index is 12.9. The fourth-order valence-corrected chi connectivity index (χ4v) is 3.71. The van der Waals surface area contributed by atoms with E-state index in [1.165, 1.54) is 25.0 Å². The average Bonchev–Trinajstić information content (AvgIpc) is 2.52. The summed E-state index contributed by atoms with van der Waals surface area (Å²) in [6.45, 7) is 3.94. The molecule has 1 saturated heterocycles. The molecular weight excluding hydrogens is 367 g/mol. The van der Waals surface area contributed by atoms with E-state index in [2.05, 4.69) is 20.8 Å². The number of alkyl halides is 4. The number of rotatable bonds is 5. The van der Waals surface area contributed by atoms with Crippen molar-refractivity contribution in [3.63, 3.8) is 0 Å². The van der Waals surface area contributed by atoms with Gasteiger partial charge in [0.25, 0.3) is 0 Å². The molecule has 0 saturated carbocycles. The van der Waals surface area contributed by atoms with Crippen LogP contribution < -0.4 is 0 Å². The molecule has 0 amide bonds. The largest absolute Gasteiger partial charge is 0.416 e. The molecule has 0 N–H and O–H groups in total. The van der Waals surface area contributed by atoms with Gasteiger partial charge in [0.2, 0.25) is 0 Å². The summed E-state index contributed by atoms with van der Waals surface area (Å²) in [6, 6.07) is 5.67. The smallest absolute Gasteiger partial charge is 0.291 e. The third-order valence-electron chi connectivity index (χ3n) is 4.21. The Kier molecular flexibility index (Phi) is 6.72. The molecule has 1 atom stereocenters. The quantitative estimate of drug-likeness (QED) is 0.434. The number of allylic oxidation sites excluding steroid dienone is 1. The van der Waals surface area contributed by atoms with E-state index in [1.54, 1.807) is 6.07 Å². The molecule has 0 spiro atoms. The Labute approximate surface area is 144 Å². The van der Waals surface area contributed by atoms with Gasteiger partial charge in [0.15, 0.2) is 0 Å². The first-order chi connectivity index (χ1) is 10.9. The van der Waals surface area contributed by atoms with E-state index in [-0.39, 0.29) is 0 Å². The van der Waals surface area contributed by atoms with Gasteiger partial charge in [-0.1, -0.05) is 41.1 Å². The zero-order valence-corrected chi connectivity index (χ0v) is 15.0. The van der Waals surface area contributed by atoms with Crippen LogP contribution in [0.4, 0.5) is 13.2 Å². The van der Waals surface area contributed by atoms with Gasteiger partial charge in [-0.05, 0) is 61.9 Å². The zero-order chi connectivity index (χ0) is 16.9. The summed E-state index contributed by atoms with van der Waals surface area (Å²) in [5.74, 6) is 0. The first-order valence-electron chi connectivity index (χ1n) is 8.16. The molecule has 1 aliphatic heterocycles. The number of piperidine rings is 1. The van der Waals surface area contributed by atoms with Crippen LogP contribution in [-0.4, -0.2) is 22.9 Å². The van der Waals surface area contributed by atoms with Crippen LogP contribution in [0.3, 0.4) is 0 Å². The number of benzene rings is 1. The second-order valence-corrected chi connectivity index (χ2v) is 6.99. The van der Waals surface area contributed by atoms with Crippen molar-refractivity contribution in [2.75, 3.05) is 13.1 Å². The van der Waals surface area contributed by atoms with Crippen LogP contribution in [0.5, 0.6) is 0 Å². The predicted octanol–water partition coefficient (Wildman–Crippen LogP) is 6.10. The minimum absolute atomic E-state index is 0.389. The van der Waals surface area contributed by atoms with E-state index in [4.69, 9.17) is 0 Å². The molecular formula is C18H23BrF3N. The maximum atomic E-state index is 12.9. The Morgan fingerprint density at radius 1 is 1.35 bits per heavy atom. The number of hydrogen-bond acceptors (Lipinski definition) is 1. The molecule has 1 fully saturated rings. The van der Waals surface area contributed by atoms with Gasteiger partial charge < -0.3 is 0 Å². The second kappa shape index (κ2) is 8.34. The van der Waals surface area contributed by atoms with Gasteiger partial charge in [-0.2, -0.15) is 13.2 Å². The SMILES string of the molecule is CCC=C(CCN1CCCCC1Br)c1cccc(C(F)(F)F)c1. The van der Waals surface area contributed by atoms with Gasteiger partial charge in [0, 0.05) is 6.54 Å². The fraction of sp³-hybridized carbons (Fsp3) is 0.556. The van der Waals surface area contributed by atoms with Crippen molar-refractivity contribution in [3.05, 3.63) is 41.5 Å². The van der Waals surface area contributed by atoms with Gasteiger partial charge >= 0.3 is 6.18 Å². The van der Waals surface area contributed by atoms with E-state index >= 15 is 0 Å². The van der Waals surface area contributed by atoms with Crippen LogP contribution in [0.1, 0.15) is 50.2 Å². The summed E-state index contributed by atoms with van der Waals surface area (Å²) in [6.07, 6.45) is 2.91. The molecule has 23 heavy (non-hydrogen) atoms. The van der Waals surface area contributed by atoms with E-state index in [1.807, 2.05) is 13.0 Å². The fourth-order valence-electron chi connectivity index (χ4n) is 2.97. The molecule has 2 rings (SSSR count). The Bertz CT molecular complexity index is 539. The molecule has 1 unspecified atom stereocenters. The van der Waals surface area contributed by atoms with Gasteiger partial charge in [-0.25, -0.2) is 0 Å². The lowest BCUT2D eigenvalue weighted by Crippen LogP contribution is -2.36. The zero-order valence-electron chi connectivity index (χ0n) is 13.4. The number of likely N-dealkylation sites (tertiary alicyclic amines) is 1. The third kappa shape index (κ3) is 5.35. The highest BCUT2D eigenvalue weighted by Gasteiger charge is 2.30. The molecule has 128 valence electrons. The van der Waals surface area contributed by atoms with Crippen LogP contribution in [0.15, 0.2) is 30.3 Å². The molecule has 1 nitrogen and oxygen atoms in total. The van der Waals surface area contributed by atoms with Crippen molar-refractivity contribution in [2.45, 2.75) is 50.2 Å². The van der Waals surface area contributed by atoms with Gasteiger partial charge in [-0.3, -0.25) is 4.90 Å². The Morgan fingerprint density at radius 2 is 2.13 bits per heavy atom. The van der Waals surface area contributed by atoms with Crippen molar-refractivity contribution in [2.24, 2.45) is 0 Å². The number of halogens is 4. The third-order valence-corrected chi connectivity index (χ3v) is 5.25. The van der Waals surface area contributed by atoms with Crippen LogP contribution in [0.25, 0.3) is 5.57 Å². The van der Waals surface area contributed by atoms with Crippen LogP contribution in [-0.2, 0) is 6.18 Å². The average molecular weight is 390 g/mol. The standard InChI is InChI=1S/C18H23BrF3N/c1-2-6-14(10-12-23-11-4-3-9-17(23)19)15-7-5-8-16(13-15)18(20,21)22/h5-8,13,17H,2-4,9-12H2,1H3. The lowest BCUT2D eigenvalue weighted by molar-refractivity contribution is -0.137. The molecule has 0 aromatic heterocycles. The van der Waals surface area contributed by atoms with Crippen LogP contribution >= 0.6 is 15.9 Å². The van der Waals surface area contributed by atoms with Gasteiger partial charge in [0.1, 0.15) is 0 Å². The molecule has 1 aromatic rings. The summed E-state index contributed by atoms with van der Waals surface area (Å²) < 4.78 is 38.7. The summed E-state index contributed by atoms with van der Waals surface area (Å²) in [4.78, 5) is 2.77. The van der Waals surface area contributed by atoms with E-state index in [0.717, 1.165) is 44.0 Å². The minimum atomic E-state index is -4.29. The van der Waals surface area contributed by atoms with Gasteiger partial charge in [-0.15, -0.1) is 0 Å². The Hall–Kier alpha value is -0.810. The lowest BCUT2D eigenvalue weighted by atomic mass is 9.98. The first kappa shape index (κ1) is 18.5. The monoisotopic (exact) mass is 389 g/mol. The van der Waals surface area contributed by atoms with Crippen molar-refractivity contribution in [1.29, 1.82) is 0 Å². The highest BCUT2D eigenvalue weighted by molar-refractivity contribution is 9.09. The first-order valence-corrected chi connectivity index (χ1v) is 9.08. The van der Waals surface area contributed by atoms with E-state index < -0.39 is 11.7 Å². The summed E-state index contributed by atoms with van der Waals surface area (Å²) in [7, 11) is 0. The number of hydrogen-bond donors (Lipinski definition) is 0. The second-order valence-electron chi connectivity index (χ2n) is 5.93. The van der Waals surface area contributed by atoms with E-state index in [9.17, 15) is 13.2 Å². The Balaban J connectivity index is 2.11. The van der Waals surface area contributed by atoms with Crippen molar-refractivity contribution in [1.82, 2.24) is 4.90 Å². The van der Waals surface area contributed by atoms with Crippen LogP contribution in [0, 0.1) is 0 Å². The van der Waals surface area contributed by atoms with E-state index in [0.29, 0.717) is 10.5 Å². The number of nitrogens with zero attached hydrogens (tertiary/aromatic N) is 1. The highest BCUT2D eigenvalue weighted by atomic mass is 79.9. The minimum Gasteiger partial charge on any atom is -0.291 e. The molecule has 1 aromatic carbocycles. The molecule has 0 bridgehead atoms. The summed E-state index contributed by atoms with van der Waals surface area (Å²) in [5, 5.41) is 0. The molecule has 0 aliphatic carbocycles. The van der Waals surface area contributed by atoms with Crippen molar-refractivity contribution < 1.29 is 13.2 Å².